The molecule has 0 amide bonds. The van der Waals surface area contributed by atoms with Gasteiger partial charge in [0.25, 0.3) is 0 Å². The number of hydrogen-bond acceptors (Lipinski definition) is 3. The number of aromatic nitrogens is 3. The van der Waals surface area contributed by atoms with Crippen LogP contribution in [0.4, 0.5) is 0 Å². The second kappa shape index (κ2) is 4.46. The number of imidazole rings is 1. The minimum absolute atomic E-state index is 0.152. The highest BCUT2D eigenvalue weighted by atomic mass is 32.2. The van der Waals surface area contributed by atoms with Crippen LogP contribution in [0.3, 0.4) is 0 Å². The number of H-pyrrole nitrogens is 1. The van der Waals surface area contributed by atoms with E-state index in [4.69, 9.17) is 12.2 Å². The summed E-state index contributed by atoms with van der Waals surface area (Å²) in [6.45, 7) is 7.30. The lowest BCUT2D eigenvalue weighted by atomic mass is 10.2. The molecule has 0 saturated carbocycles. The van der Waals surface area contributed by atoms with Crippen molar-refractivity contribution in [2.24, 2.45) is 0 Å². The largest absolute Gasteiger partial charge is 0.329 e. The van der Waals surface area contributed by atoms with Crippen LogP contribution in [0.25, 0.3) is 11.2 Å². The van der Waals surface area contributed by atoms with Crippen molar-refractivity contribution >= 4 is 35.1 Å². The Morgan fingerprint density at radius 1 is 1.47 bits per heavy atom. The van der Waals surface area contributed by atoms with Crippen LogP contribution >= 0.6 is 24.0 Å². The Hall–Kier alpha value is -0.810. The summed E-state index contributed by atoms with van der Waals surface area (Å²) >= 11 is 7.21. The molecule has 2 rings (SSSR count). The summed E-state index contributed by atoms with van der Waals surface area (Å²) in [7, 11) is 0. The first-order valence-corrected chi connectivity index (χ1v) is 7.17. The zero-order valence-corrected chi connectivity index (χ0v) is 12.2. The van der Waals surface area contributed by atoms with E-state index in [2.05, 4.69) is 34.6 Å². The van der Waals surface area contributed by atoms with Gasteiger partial charge in [-0.15, -0.1) is 0 Å². The Labute approximate surface area is 111 Å². The second-order valence-corrected chi connectivity index (χ2v) is 6.70. The third kappa shape index (κ3) is 2.55. The highest BCUT2D eigenvalue weighted by Gasteiger charge is 2.19. The van der Waals surface area contributed by atoms with Gasteiger partial charge in [0.15, 0.2) is 10.4 Å². The molecule has 0 fully saturated rings. The van der Waals surface area contributed by atoms with Crippen LogP contribution < -0.4 is 0 Å². The monoisotopic (exact) mass is 267 g/mol. The van der Waals surface area contributed by atoms with Crippen LogP contribution in [-0.2, 0) is 6.54 Å². The standard InChI is InChI=1S/C12H17N3S2/c1-8-5-6-9-10(13-8)15(11(16)14-9)7-12(2,3)17-4/h5-6H,7H2,1-4H3,(H,14,16). The Balaban J connectivity index is 2.56. The van der Waals surface area contributed by atoms with Crippen LogP contribution in [0, 0.1) is 11.7 Å². The molecule has 0 unspecified atom stereocenters. The third-order valence-electron chi connectivity index (χ3n) is 2.85. The van der Waals surface area contributed by atoms with Crippen molar-refractivity contribution in [3.8, 4) is 0 Å². The summed E-state index contributed by atoms with van der Waals surface area (Å²) in [5.41, 5.74) is 2.98. The molecule has 0 aromatic carbocycles. The Bertz CT molecular complexity index is 595. The number of hydrogen-bond donors (Lipinski definition) is 1. The van der Waals surface area contributed by atoms with Crippen molar-refractivity contribution in [2.45, 2.75) is 32.1 Å². The molecule has 2 aromatic heterocycles. The van der Waals surface area contributed by atoms with Crippen molar-refractivity contribution in [1.29, 1.82) is 0 Å². The van der Waals surface area contributed by atoms with E-state index in [1.807, 2.05) is 30.8 Å². The van der Waals surface area contributed by atoms with E-state index in [1.54, 1.807) is 0 Å². The summed E-state index contributed by atoms with van der Waals surface area (Å²) in [5, 5.41) is 0. The Morgan fingerprint density at radius 2 is 2.18 bits per heavy atom. The minimum atomic E-state index is 0.152. The Kier molecular flexibility index (Phi) is 3.32. The van der Waals surface area contributed by atoms with E-state index >= 15 is 0 Å². The normalized spacial score (nSPS) is 12.2. The van der Waals surface area contributed by atoms with Gasteiger partial charge in [-0.2, -0.15) is 11.8 Å². The maximum atomic E-state index is 5.37. The number of nitrogens with zero attached hydrogens (tertiary/aromatic N) is 2. The number of aryl methyl sites for hydroxylation is 1. The number of thioether (sulfide) groups is 1. The van der Waals surface area contributed by atoms with Gasteiger partial charge >= 0.3 is 0 Å². The van der Waals surface area contributed by atoms with Gasteiger partial charge in [0.1, 0.15) is 0 Å². The molecule has 17 heavy (non-hydrogen) atoms. The van der Waals surface area contributed by atoms with E-state index < -0.39 is 0 Å². The lowest BCUT2D eigenvalue weighted by molar-refractivity contribution is 0.571. The van der Waals surface area contributed by atoms with E-state index in [1.165, 1.54) is 0 Å². The minimum Gasteiger partial charge on any atom is -0.329 e. The number of rotatable bonds is 3. The number of aromatic amines is 1. The fourth-order valence-electron chi connectivity index (χ4n) is 1.72. The zero-order chi connectivity index (χ0) is 12.6. The van der Waals surface area contributed by atoms with Gasteiger partial charge in [-0.1, -0.05) is 0 Å². The van der Waals surface area contributed by atoms with Crippen molar-refractivity contribution < 1.29 is 0 Å². The molecule has 0 aliphatic rings. The highest BCUT2D eigenvalue weighted by Crippen LogP contribution is 2.25. The summed E-state index contributed by atoms with van der Waals surface area (Å²) < 4.78 is 2.99. The molecule has 0 aliphatic heterocycles. The molecule has 92 valence electrons. The van der Waals surface area contributed by atoms with Gasteiger partial charge in [0, 0.05) is 17.0 Å². The predicted molar refractivity (Wildman–Crippen MR) is 77.2 cm³/mol. The Morgan fingerprint density at radius 3 is 2.82 bits per heavy atom. The lowest BCUT2D eigenvalue weighted by Crippen LogP contribution is -2.22. The van der Waals surface area contributed by atoms with Crippen molar-refractivity contribution in [3.05, 3.63) is 22.6 Å². The number of pyridine rings is 1. The molecule has 0 saturated heterocycles. The van der Waals surface area contributed by atoms with Gasteiger partial charge < -0.3 is 9.55 Å². The molecule has 2 heterocycles. The molecule has 0 bridgehead atoms. The molecule has 0 aliphatic carbocycles. The molecular formula is C12H17N3S2. The molecule has 2 aromatic rings. The van der Waals surface area contributed by atoms with Crippen LogP contribution in [0.5, 0.6) is 0 Å². The van der Waals surface area contributed by atoms with Crippen molar-refractivity contribution in [1.82, 2.24) is 14.5 Å². The van der Waals surface area contributed by atoms with Crippen LogP contribution in [-0.4, -0.2) is 25.5 Å². The van der Waals surface area contributed by atoms with E-state index in [-0.39, 0.29) is 4.75 Å². The second-order valence-electron chi connectivity index (χ2n) is 4.80. The van der Waals surface area contributed by atoms with Crippen molar-refractivity contribution in [2.75, 3.05) is 6.26 Å². The predicted octanol–water partition coefficient (Wildman–Crippen LogP) is 3.54. The first-order valence-electron chi connectivity index (χ1n) is 5.54. The first-order chi connectivity index (χ1) is 7.93. The third-order valence-corrected chi connectivity index (χ3v) is 4.40. The van der Waals surface area contributed by atoms with Gasteiger partial charge in [-0.05, 0) is 51.4 Å². The molecule has 0 spiro atoms. The number of fused-ring (bicyclic) bond motifs is 1. The summed E-state index contributed by atoms with van der Waals surface area (Å²) in [4.78, 5) is 7.78. The number of nitrogens with one attached hydrogen (secondary N) is 1. The maximum Gasteiger partial charge on any atom is 0.179 e. The zero-order valence-electron chi connectivity index (χ0n) is 10.6. The van der Waals surface area contributed by atoms with Crippen molar-refractivity contribution in [3.63, 3.8) is 0 Å². The van der Waals surface area contributed by atoms with Crippen LogP contribution in [0.15, 0.2) is 12.1 Å². The van der Waals surface area contributed by atoms with Crippen LogP contribution in [0.2, 0.25) is 0 Å². The quantitative estimate of drug-likeness (QED) is 0.864. The van der Waals surface area contributed by atoms with Gasteiger partial charge in [0.05, 0.1) is 5.52 Å². The average Bonchev–Trinajstić information content (AvgIpc) is 2.56. The molecule has 0 atom stereocenters. The maximum absolute atomic E-state index is 5.37. The first kappa shape index (κ1) is 12.6. The molecule has 3 nitrogen and oxygen atoms in total. The fraction of sp³-hybridized carbons (Fsp3) is 0.500. The van der Waals surface area contributed by atoms with Gasteiger partial charge in [0.2, 0.25) is 0 Å². The highest BCUT2D eigenvalue weighted by molar-refractivity contribution is 7.99. The van der Waals surface area contributed by atoms with Gasteiger partial charge in [-0.25, -0.2) is 4.98 Å². The van der Waals surface area contributed by atoms with E-state index in [9.17, 15) is 0 Å². The molecular weight excluding hydrogens is 250 g/mol. The SMILES string of the molecule is CSC(C)(C)Cn1c(=S)[nH]c2ccc(C)nc21. The van der Waals surface area contributed by atoms with E-state index in [0.717, 1.165) is 28.2 Å². The summed E-state index contributed by atoms with van der Waals surface area (Å²) in [5.74, 6) is 0. The van der Waals surface area contributed by atoms with E-state index in [0.29, 0.717) is 0 Å². The lowest BCUT2D eigenvalue weighted by Gasteiger charge is -2.22. The molecule has 1 N–H and O–H groups in total. The van der Waals surface area contributed by atoms with Crippen LogP contribution in [0.1, 0.15) is 19.5 Å². The van der Waals surface area contributed by atoms with Gasteiger partial charge in [-0.3, -0.25) is 0 Å². The fourth-order valence-corrected chi connectivity index (χ4v) is 2.24. The summed E-state index contributed by atoms with van der Waals surface area (Å²) in [6.07, 6.45) is 2.12. The average molecular weight is 267 g/mol. The topological polar surface area (TPSA) is 33.6 Å². The molecule has 5 heteroatoms. The summed E-state index contributed by atoms with van der Waals surface area (Å²) in [6, 6.07) is 4.04. The smallest absolute Gasteiger partial charge is 0.179 e. The molecule has 0 radical (unpaired) electrons.